The van der Waals surface area contributed by atoms with Crippen molar-refractivity contribution in [3.8, 4) is 0 Å². The molecule has 3 aliphatic rings. The second-order valence-electron chi connectivity index (χ2n) is 13.6. The van der Waals surface area contributed by atoms with Crippen molar-refractivity contribution in [3.63, 3.8) is 0 Å². The predicted molar refractivity (Wildman–Crippen MR) is 190 cm³/mol. The van der Waals surface area contributed by atoms with E-state index in [0.29, 0.717) is 24.6 Å². The van der Waals surface area contributed by atoms with E-state index in [1.165, 1.54) is 24.0 Å². The average molecular weight is 664 g/mol. The molecule has 2 aliphatic heterocycles. The molecule has 4 aromatic rings. The zero-order valence-corrected chi connectivity index (χ0v) is 28.4. The molecular formula is C37H45N9O3. The highest BCUT2D eigenvalue weighted by Crippen LogP contribution is 2.35. The summed E-state index contributed by atoms with van der Waals surface area (Å²) in [5.74, 6) is 0.300. The molecule has 7 rings (SSSR count). The normalized spacial score (nSPS) is 17.9. The van der Waals surface area contributed by atoms with Crippen molar-refractivity contribution in [2.24, 2.45) is 0 Å². The van der Waals surface area contributed by atoms with Gasteiger partial charge < -0.3 is 19.7 Å². The van der Waals surface area contributed by atoms with Crippen molar-refractivity contribution in [2.75, 3.05) is 63.6 Å². The van der Waals surface area contributed by atoms with Gasteiger partial charge in [-0.25, -0.2) is 9.78 Å². The van der Waals surface area contributed by atoms with Crippen LogP contribution in [0.25, 0.3) is 11.0 Å². The first-order valence-corrected chi connectivity index (χ1v) is 17.4. The molecule has 2 saturated heterocycles. The van der Waals surface area contributed by atoms with E-state index in [-0.39, 0.29) is 23.9 Å². The van der Waals surface area contributed by atoms with Crippen molar-refractivity contribution in [2.45, 2.75) is 51.1 Å². The number of anilines is 3. The minimum Gasteiger partial charge on any atom is -0.343 e. The van der Waals surface area contributed by atoms with Gasteiger partial charge in [0.2, 0.25) is 11.9 Å². The molecule has 1 aliphatic carbocycles. The number of imide groups is 1. The van der Waals surface area contributed by atoms with Gasteiger partial charge in [0.25, 0.3) is 5.91 Å². The Balaban J connectivity index is 0.910. The smallest absolute Gasteiger partial charge is 0.328 e. The molecule has 49 heavy (non-hydrogen) atoms. The van der Waals surface area contributed by atoms with Crippen LogP contribution in [0.2, 0.25) is 0 Å². The fourth-order valence-corrected chi connectivity index (χ4v) is 7.23. The first-order valence-electron chi connectivity index (χ1n) is 17.4. The molecule has 0 unspecified atom stereocenters. The Morgan fingerprint density at radius 2 is 1.69 bits per heavy atom. The third-order valence-corrected chi connectivity index (χ3v) is 9.97. The van der Waals surface area contributed by atoms with Crippen LogP contribution in [0.15, 0.2) is 60.8 Å². The summed E-state index contributed by atoms with van der Waals surface area (Å²) in [4.78, 5) is 54.5. The van der Waals surface area contributed by atoms with Crippen LogP contribution >= 0.6 is 0 Å². The minimum atomic E-state index is -0.349. The molecule has 0 spiro atoms. The predicted octanol–water partition coefficient (Wildman–Crippen LogP) is 4.80. The molecule has 12 nitrogen and oxygen atoms in total. The Labute approximate surface area is 287 Å². The molecule has 12 heteroatoms. The summed E-state index contributed by atoms with van der Waals surface area (Å²) in [6.45, 7) is 6.26. The largest absolute Gasteiger partial charge is 0.343 e. The van der Waals surface area contributed by atoms with Crippen LogP contribution in [-0.2, 0) is 17.8 Å². The van der Waals surface area contributed by atoms with Crippen LogP contribution in [0.1, 0.15) is 59.8 Å². The number of nitrogens with one attached hydrogen (secondary N) is 2. The Morgan fingerprint density at radius 3 is 2.43 bits per heavy atom. The van der Waals surface area contributed by atoms with E-state index in [1.54, 1.807) is 23.9 Å². The SMILES string of the molecule is CN(C)C(=O)c1cc2cnc(Nc3ccc(CCN4CCN(Cc5cccc(N6CCC(=O)NC6=O)c5)CC4)cc3)nc2n1C1CCCC1. The molecule has 4 amide bonds. The van der Waals surface area contributed by atoms with Crippen LogP contribution in [0.4, 0.5) is 22.1 Å². The van der Waals surface area contributed by atoms with Gasteiger partial charge in [0.15, 0.2) is 0 Å². The number of amides is 4. The van der Waals surface area contributed by atoms with Crippen molar-refractivity contribution >= 4 is 46.2 Å². The van der Waals surface area contributed by atoms with E-state index in [2.05, 4.69) is 66.4 Å². The zero-order chi connectivity index (χ0) is 33.9. The van der Waals surface area contributed by atoms with Crippen LogP contribution in [0.3, 0.4) is 0 Å². The topological polar surface area (TPSA) is 119 Å². The maximum absolute atomic E-state index is 13.0. The third-order valence-electron chi connectivity index (χ3n) is 9.97. The Bertz CT molecular complexity index is 1820. The molecular weight excluding hydrogens is 618 g/mol. The summed E-state index contributed by atoms with van der Waals surface area (Å²) in [5, 5.41) is 6.67. The summed E-state index contributed by atoms with van der Waals surface area (Å²) in [6, 6.07) is 18.4. The van der Waals surface area contributed by atoms with E-state index < -0.39 is 0 Å². The van der Waals surface area contributed by atoms with Gasteiger partial charge in [-0.1, -0.05) is 37.1 Å². The van der Waals surface area contributed by atoms with Gasteiger partial charge in [-0.2, -0.15) is 4.98 Å². The molecule has 2 aromatic heterocycles. The van der Waals surface area contributed by atoms with E-state index in [9.17, 15) is 14.4 Å². The molecule has 256 valence electrons. The van der Waals surface area contributed by atoms with E-state index in [1.807, 2.05) is 24.4 Å². The maximum Gasteiger partial charge on any atom is 0.328 e. The lowest BCUT2D eigenvalue weighted by Crippen LogP contribution is -2.49. The fourth-order valence-electron chi connectivity index (χ4n) is 7.23. The molecule has 0 bridgehead atoms. The molecule has 2 aromatic carbocycles. The first kappa shape index (κ1) is 32.7. The molecule has 2 N–H and O–H groups in total. The Hall–Kier alpha value is -4.81. The van der Waals surface area contributed by atoms with Gasteiger partial charge in [-0.15, -0.1) is 0 Å². The van der Waals surface area contributed by atoms with Crippen LogP contribution in [-0.4, -0.2) is 100 Å². The van der Waals surface area contributed by atoms with Crippen LogP contribution in [0, 0.1) is 0 Å². The average Bonchev–Trinajstić information content (AvgIpc) is 3.76. The minimum absolute atomic E-state index is 0.00953. The van der Waals surface area contributed by atoms with Gasteiger partial charge in [-0.05, 0) is 60.7 Å². The highest BCUT2D eigenvalue weighted by atomic mass is 16.2. The number of hydrogen-bond acceptors (Lipinski definition) is 8. The van der Waals surface area contributed by atoms with Gasteiger partial charge in [0.1, 0.15) is 11.3 Å². The van der Waals surface area contributed by atoms with Gasteiger partial charge in [0.05, 0.1) is 0 Å². The zero-order valence-electron chi connectivity index (χ0n) is 28.4. The standard InChI is InChI=1S/C37H45N9O3/c1-42(2)35(48)32-23-28-24-38-36(41-34(28)46(32)30-7-3-4-8-30)39-29-12-10-26(11-13-29)14-16-43-18-20-44(21-19-43)25-27-6-5-9-31(22-27)45-17-15-33(47)40-37(45)49/h5-6,9-13,22-24,30H,3-4,7-8,14-21,25H2,1-2H3,(H,38,39,41)(H,40,47,49). The van der Waals surface area contributed by atoms with E-state index >= 15 is 0 Å². The van der Waals surface area contributed by atoms with Crippen LogP contribution < -0.4 is 15.5 Å². The molecule has 1 saturated carbocycles. The van der Waals surface area contributed by atoms with Crippen LogP contribution in [0.5, 0.6) is 0 Å². The molecule has 0 radical (unpaired) electrons. The number of fused-ring (bicyclic) bond motifs is 1. The molecule has 4 heterocycles. The second kappa shape index (κ2) is 14.4. The lowest BCUT2D eigenvalue weighted by atomic mass is 10.1. The summed E-state index contributed by atoms with van der Waals surface area (Å²) in [5.41, 5.74) is 5.70. The highest BCUT2D eigenvalue weighted by molar-refractivity contribution is 6.05. The number of benzene rings is 2. The monoisotopic (exact) mass is 663 g/mol. The lowest BCUT2D eigenvalue weighted by Gasteiger charge is -2.35. The lowest BCUT2D eigenvalue weighted by molar-refractivity contribution is -0.120. The van der Waals surface area contributed by atoms with Gasteiger partial charge in [-0.3, -0.25) is 24.7 Å². The number of nitrogens with zero attached hydrogens (tertiary/aromatic N) is 7. The van der Waals surface area contributed by atoms with Crippen molar-refractivity contribution in [1.82, 2.24) is 34.6 Å². The molecule has 3 fully saturated rings. The summed E-state index contributed by atoms with van der Waals surface area (Å²) < 4.78 is 2.14. The molecule has 0 atom stereocenters. The maximum atomic E-state index is 13.0. The second-order valence-corrected chi connectivity index (χ2v) is 13.6. The highest BCUT2D eigenvalue weighted by Gasteiger charge is 2.27. The van der Waals surface area contributed by atoms with Gasteiger partial charge >= 0.3 is 6.03 Å². The number of aromatic nitrogens is 3. The number of rotatable bonds is 10. The first-order chi connectivity index (χ1) is 23.8. The Morgan fingerprint density at radius 1 is 0.939 bits per heavy atom. The van der Waals surface area contributed by atoms with Crippen molar-refractivity contribution < 1.29 is 14.4 Å². The number of carbonyl (C=O) groups is 3. The van der Waals surface area contributed by atoms with Crippen molar-refractivity contribution in [3.05, 3.63) is 77.6 Å². The number of hydrogen-bond donors (Lipinski definition) is 2. The van der Waals surface area contributed by atoms with E-state index in [4.69, 9.17) is 4.98 Å². The Kier molecular flexibility index (Phi) is 9.58. The third kappa shape index (κ3) is 7.45. The summed E-state index contributed by atoms with van der Waals surface area (Å²) >= 11 is 0. The van der Waals surface area contributed by atoms with Gasteiger partial charge in [0, 0.05) is 95.3 Å². The van der Waals surface area contributed by atoms with E-state index in [0.717, 1.165) is 80.9 Å². The summed E-state index contributed by atoms with van der Waals surface area (Å²) in [6.07, 6.45) is 7.56. The number of piperazine rings is 1. The van der Waals surface area contributed by atoms with Crippen molar-refractivity contribution in [1.29, 1.82) is 0 Å². The summed E-state index contributed by atoms with van der Waals surface area (Å²) in [7, 11) is 3.58. The fraction of sp³-hybridized carbons (Fsp3) is 0.432. The number of urea groups is 1. The number of carbonyl (C=O) groups excluding carboxylic acids is 3. The quantitative estimate of drug-likeness (QED) is 0.249.